The van der Waals surface area contributed by atoms with E-state index in [0.29, 0.717) is 24.8 Å². The van der Waals surface area contributed by atoms with Crippen LogP contribution in [0.5, 0.6) is 0 Å². The molecule has 4 aliphatic carbocycles. The van der Waals surface area contributed by atoms with Gasteiger partial charge in [-0.3, -0.25) is 9.59 Å². The smallest absolute Gasteiger partial charge is 0.408 e. The number of carbonyl (C=O) groups is 3. The number of hydrogen-bond donors (Lipinski definition) is 3. The molecular formula is C28H40FNO6. The molecule has 0 saturated heterocycles. The number of allylic oxidation sites excluding steroid dienone is 4. The van der Waals surface area contributed by atoms with Gasteiger partial charge >= 0.3 is 6.09 Å². The molecule has 0 bridgehead atoms. The van der Waals surface area contributed by atoms with Gasteiger partial charge in [-0.25, -0.2) is 9.18 Å². The SMILES string of the molecule is CC(C)C(C)NC(=O)O[C@@]1(CO)C(=O)[C@@]2(C)C[C@H](O)[C@@]3(F)C(CCC4=CC(=O)C=C[C@@]43C)C2C[C@@H]1C. The highest BCUT2D eigenvalue weighted by molar-refractivity contribution is 6.01. The van der Waals surface area contributed by atoms with Crippen LogP contribution >= 0.6 is 0 Å². The van der Waals surface area contributed by atoms with Crippen molar-refractivity contribution in [2.75, 3.05) is 6.61 Å². The Kier molecular flexibility index (Phi) is 6.57. The first-order chi connectivity index (χ1) is 16.7. The van der Waals surface area contributed by atoms with Crippen LogP contribution in [0.4, 0.5) is 9.18 Å². The summed E-state index contributed by atoms with van der Waals surface area (Å²) in [7, 11) is 0. The number of aliphatic hydroxyl groups excluding tert-OH is 2. The highest BCUT2D eigenvalue weighted by Crippen LogP contribution is 2.67. The lowest BCUT2D eigenvalue weighted by Gasteiger charge is -2.65. The van der Waals surface area contributed by atoms with Crippen molar-refractivity contribution in [3.05, 3.63) is 23.8 Å². The fourth-order valence-corrected chi connectivity index (χ4v) is 7.49. The summed E-state index contributed by atoms with van der Waals surface area (Å²) in [6.07, 6.45) is 3.28. The summed E-state index contributed by atoms with van der Waals surface area (Å²) in [4.78, 5) is 38.9. The van der Waals surface area contributed by atoms with Crippen molar-refractivity contribution in [2.45, 2.75) is 90.6 Å². The van der Waals surface area contributed by atoms with Gasteiger partial charge < -0.3 is 20.3 Å². The summed E-state index contributed by atoms with van der Waals surface area (Å²) in [5.41, 5.74) is -5.49. The summed E-state index contributed by atoms with van der Waals surface area (Å²) >= 11 is 0. The zero-order valence-electron chi connectivity index (χ0n) is 22.1. The number of amides is 1. The van der Waals surface area contributed by atoms with E-state index in [2.05, 4.69) is 5.32 Å². The molecule has 3 saturated carbocycles. The van der Waals surface area contributed by atoms with E-state index in [1.54, 1.807) is 26.8 Å². The monoisotopic (exact) mass is 505 g/mol. The Morgan fingerprint density at radius 2 is 1.92 bits per heavy atom. The Bertz CT molecular complexity index is 1020. The van der Waals surface area contributed by atoms with E-state index in [4.69, 9.17) is 4.74 Å². The minimum atomic E-state index is -2.05. The van der Waals surface area contributed by atoms with Crippen molar-refractivity contribution >= 4 is 17.7 Å². The summed E-state index contributed by atoms with van der Waals surface area (Å²) in [5, 5.41) is 24.5. The number of alkyl carbamates (subject to hydrolysis) is 1. The molecule has 7 nitrogen and oxygen atoms in total. The average Bonchev–Trinajstić information content (AvgIpc) is 2.80. The van der Waals surface area contributed by atoms with Crippen LogP contribution in [-0.2, 0) is 14.3 Å². The molecule has 3 unspecified atom stereocenters. The van der Waals surface area contributed by atoms with Crippen LogP contribution in [0.15, 0.2) is 23.8 Å². The van der Waals surface area contributed by atoms with Gasteiger partial charge in [0.25, 0.3) is 0 Å². The van der Waals surface area contributed by atoms with Gasteiger partial charge in [-0.2, -0.15) is 0 Å². The van der Waals surface area contributed by atoms with Gasteiger partial charge in [0.1, 0.15) is 0 Å². The number of Topliss-reactive ketones (excluding diaryl/α,β-unsaturated/α-hetero) is 1. The lowest BCUT2D eigenvalue weighted by atomic mass is 9.41. The topological polar surface area (TPSA) is 113 Å². The van der Waals surface area contributed by atoms with Gasteiger partial charge in [-0.1, -0.05) is 39.3 Å². The van der Waals surface area contributed by atoms with Gasteiger partial charge in [0.15, 0.2) is 22.8 Å². The molecule has 0 aliphatic heterocycles. The first-order valence-corrected chi connectivity index (χ1v) is 13.1. The molecule has 0 radical (unpaired) electrons. The Hall–Kier alpha value is -2.06. The summed E-state index contributed by atoms with van der Waals surface area (Å²) < 4.78 is 23.0. The number of ether oxygens (including phenoxy) is 1. The number of fused-ring (bicyclic) bond motifs is 5. The molecule has 36 heavy (non-hydrogen) atoms. The first-order valence-electron chi connectivity index (χ1n) is 13.1. The number of halogens is 1. The number of ketones is 2. The Balaban J connectivity index is 1.70. The van der Waals surface area contributed by atoms with Crippen LogP contribution < -0.4 is 5.32 Å². The molecule has 3 fully saturated rings. The molecule has 3 N–H and O–H groups in total. The van der Waals surface area contributed by atoms with Gasteiger partial charge in [0.05, 0.1) is 12.7 Å². The molecule has 8 heteroatoms. The normalized spacial score (nSPS) is 44.8. The molecule has 0 heterocycles. The zero-order chi connectivity index (χ0) is 26.8. The molecule has 200 valence electrons. The van der Waals surface area contributed by atoms with Gasteiger partial charge in [-0.05, 0) is 63.5 Å². The number of rotatable bonds is 4. The van der Waals surface area contributed by atoms with Crippen molar-refractivity contribution in [1.29, 1.82) is 0 Å². The van der Waals surface area contributed by atoms with E-state index in [-0.39, 0.29) is 24.2 Å². The maximum Gasteiger partial charge on any atom is 0.408 e. The Morgan fingerprint density at radius 1 is 1.25 bits per heavy atom. The van der Waals surface area contributed by atoms with E-state index < -0.39 is 64.4 Å². The molecule has 0 spiro atoms. The Labute approximate surface area is 212 Å². The highest BCUT2D eigenvalue weighted by atomic mass is 19.1. The number of hydrogen-bond acceptors (Lipinski definition) is 6. The van der Waals surface area contributed by atoms with Crippen molar-refractivity contribution in [3.63, 3.8) is 0 Å². The summed E-state index contributed by atoms with van der Waals surface area (Å²) in [5.74, 6) is -2.11. The molecule has 0 aromatic rings. The number of carbonyl (C=O) groups excluding carboxylic acids is 3. The lowest BCUT2D eigenvalue weighted by Crippen LogP contribution is -2.73. The molecule has 4 aliphatic rings. The minimum absolute atomic E-state index is 0.144. The second-order valence-corrected chi connectivity index (χ2v) is 12.3. The third-order valence-electron chi connectivity index (χ3n) is 10.2. The molecule has 0 aromatic carbocycles. The predicted octanol–water partition coefficient (Wildman–Crippen LogP) is 3.67. The molecular weight excluding hydrogens is 465 g/mol. The van der Waals surface area contributed by atoms with E-state index in [0.717, 1.165) is 0 Å². The van der Waals surface area contributed by atoms with E-state index in [1.807, 2.05) is 20.8 Å². The van der Waals surface area contributed by atoms with Crippen LogP contribution in [0.3, 0.4) is 0 Å². The maximum absolute atomic E-state index is 17.2. The molecule has 4 rings (SSSR count). The van der Waals surface area contributed by atoms with E-state index in [1.165, 1.54) is 12.2 Å². The third kappa shape index (κ3) is 3.54. The van der Waals surface area contributed by atoms with Crippen LogP contribution in [-0.4, -0.2) is 57.9 Å². The largest absolute Gasteiger partial charge is 0.432 e. The van der Waals surface area contributed by atoms with Crippen LogP contribution in [0.1, 0.15) is 67.2 Å². The van der Waals surface area contributed by atoms with Gasteiger partial charge in [0.2, 0.25) is 0 Å². The second-order valence-electron chi connectivity index (χ2n) is 12.3. The maximum atomic E-state index is 17.2. The fourth-order valence-electron chi connectivity index (χ4n) is 7.49. The van der Waals surface area contributed by atoms with Crippen LogP contribution in [0, 0.1) is 34.5 Å². The van der Waals surface area contributed by atoms with Crippen molar-refractivity contribution in [3.8, 4) is 0 Å². The quantitative estimate of drug-likeness (QED) is 0.537. The van der Waals surface area contributed by atoms with Crippen LogP contribution in [0.25, 0.3) is 0 Å². The molecule has 0 aromatic heterocycles. The number of alkyl halides is 1. The second kappa shape index (κ2) is 8.76. The van der Waals surface area contributed by atoms with Gasteiger partial charge in [-0.15, -0.1) is 0 Å². The third-order valence-corrected chi connectivity index (χ3v) is 10.2. The fraction of sp³-hybridized carbons (Fsp3) is 0.750. The number of nitrogens with one attached hydrogen (secondary N) is 1. The highest BCUT2D eigenvalue weighted by Gasteiger charge is 2.73. The standard InChI is InChI=1S/C28H40FNO6/c1-15(2)17(4)30-24(35)36-27(14-31)16(3)11-21-20-8-7-18-12-19(32)9-10-26(18,6)28(20,29)22(33)13-25(21,5)23(27)34/h9-10,12,15-17,20-22,31,33H,7-8,11,13-14H2,1-6H3,(H,30,35)/t16-,17?,20?,21?,22-,25-,26-,27+,28-/m0/s1. The molecule has 9 atom stereocenters. The van der Waals surface area contributed by atoms with Crippen molar-refractivity contribution < 1.29 is 33.7 Å². The first kappa shape index (κ1) is 27.0. The predicted molar refractivity (Wildman–Crippen MR) is 132 cm³/mol. The van der Waals surface area contributed by atoms with Crippen molar-refractivity contribution in [1.82, 2.24) is 5.32 Å². The summed E-state index contributed by atoms with van der Waals surface area (Å²) in [6.45, 7) is 10.2. The van der Waals surface area contributed by atoms with Crippen LogP contribution in [0.2, 0.25) is 0 Å². The van der Waals surface area contributed by atoms with Gasteiger partial charge in [0, 0.05) is 28.7 Å². The van der Waals surface area contributed by atoms with Crippen molar-refractivity contribution in [2.24, 2.45) is 34.5 Å². The van der Waals surface area contributed by atoms with E-state index in [9.17, 15) is 24.6 Å². The molecule has 1 amide bonds. The van der Waals surface area contributed by atoms with E-state index >= 15 is 4.39 Å². The lowest BCUT2D eigenvalue weighted by molar-refractivity contribution is -0.225. The average molecular weight is 506 g/mol. The zero-order valence-corrected chi connectivity index (χ0v) is 22.1. The summed E-state index contributed by atoms with van der Waals surface area (Å²) in [6, 6.07) is -0.199. The minimum Gasteiger partial charge on any atom is -0.432 e. The Morgan fingerprint density at radius 3 is 2.53 bits per heavy atom. The number of aliphatic hydroxyl groups is 2.